The smallest absolute Gasteiger partial charge is 0.339 e. The average molecular weight is 382 g/mol. The van der Waals surface area contributed by atoms with E-state index in [4.69, 9.17) is 8.92 Å². The molecule has 0 fully saturated rings. The average Bonchev–Trinajstić information content (AvgIpc) is 2.68. The molecule has 0 radical (unpaired) electrons. The Hall–Kier alpha value is -3.12. The first kappa shape index (κ1) is 18.7. The van der Waals surface area contributed by atoms with Gasteiger partial charge >= 0.3 is 10.1 Å². The van der Waals surface area contributed by atoms with Gasteiger partial charge in [0.1, 0.15) is 4.90 Å². The predicted octanol–water partition coefficient (Wildman–Crippen LogP) is 4.33. The van der Waals surface area contributed by atoms with E-state index in [1.165, 1.54) is 38.3 Å². The first-order valence-corrected chi connectivity index (χ1v) is 9.61. The molecule has 27 heavy (non-hydrogen) atoms. The minimum Gasteiger partial charge on any atom is -0.493 e. The zero-order valence-corrected chi connectivity index (χ0v) is 15.7. The summed E-state index contributed by atoms with van der Waals surface area (Å²) in [7, 11) is -2.74. The summed E-state index contributed by atoms with van der Waals surface area (Å²) in [6, 6.07) is 20.2. The van der Waals surface area contributed by atoms with Crippen LogP contribution < -0.4 is 8.92 Å². The molecular formula is C21H18O5S. The molecule has 0 spiro atoms. The monoisotopic (exact) mass is 382 g/mol. The van der Waals surface area contributed by atoms with Crippen LogP contribution in [0.5, 0.6) is 11.5 Å². The first-order chi connectivity index (χ1) is 12.9. The Bertz CT molecular complexity index is 1070. The summed E-state index contributed by atoms with van der Waals surface area (Å²) in [6.07, 6.45) is 0. The van der Waals surface area contributed by atoms with Gasteiger partial charge in [0, 0.05) is 11.1 Å². The molecule has 138 valence electrons. The van der Waals surface area contributed by atoms with Crippen molar-refractivity contribution in [3.8, 4) is 22.6 Å². The van der Waals surface area contributed by atoms with Crippen LogP contribution in [0.3, 0.4) is 0 Å². The van der Waals surface area contributed by atoms with Crippen molar-refractivity contribution in [2.45, 2.75) is 11.8 Å². The Morgan fingerprint density at radius 3 is 2.19 bits per heavy atom. The number of carbonyl (C=O) groups is 1. The molecule has 0 aromatic heterocycles. The molecule has 0 N–H and O–H groups in total. The van der Waals surface area contributed by atoms with Gasteiger partial charge in [0.2, 0.25) is 0 Å². The fourth-order valence-corrected chi connectivity index (χ4v) is 3.82. The predicted molar refractivity (Wildman–Crippen MR) is 103 cm³/mol. The van der Waals surface area contributed by atoms with Crippen LogP contribution in [0.15, 0.2) is 77.7 Å². The summed E-state index contributed by atoms with van der Waals surface area (Å²) >= 11 is 0. The van der Waals surface area contributed by atoms with Crippen LogP contribution in [0.25, 0.3) is 11.1 Å². The Kier molecular flexibility index (Phi) is 5.28. The normalized spacial score (nSPS) is 11.0. The van der Waals surface area contributed by atoms with Crippen molar-refractivity contribution < 1.29 is 22.1 Å². The molecule has 3 rings (SSSR count). The van der Waals surface area contributed by atoms with E-state index < -0.39 is 10.1 Å². The lowest BCUT2D eigenvalue weighted by molar-refractivity contribution is 0.101. The second kappa shape index (κ2) is 7.63. The largest absolute Gasteiger partial charge is 0.493 e. The van der Waals surface area contributed by atoms with E-state index in [1.54, 1.807) is 18.2 Å². The fraction of sp³-hybridized carbons (Fsp3) is 0.0952. The minimum atomic E-state index is -4.12. The summed E-state index contributed by atoms with van der Waals surface area (Å²) in [5, 5.41) is 0. The summed E-state index contributed by atoms with van der Waals surface area (Å²) in [5.41, 5.74) is 1.71. The number of methoxy groups -OCH3 is 1. The van der Waals surface area contributed by atoms with Crippen molar-refractivity contribution in [2.75, 3.05) is 7.11 Å². The van der Waals surface area contributed by atoms with Gasteiger partial charge in [-0.15, -0.1) is 0 Å². The highest BCUT2D eigenvalue weighted by Crippen LogP contribution is 2.33. The lowest BCUT2D eigenvalue weighted by atomic mass is 10.1. The van der Waals surface area contributed by atoms with Crippen molar-refractivity contribution in [1.29, 1.82) is 0 Å². The maximum atomic E-state index is 12.9. The molecule has 0 saturated carbocycles. The van der Waals surface area contributed by atoms with E-state index in [0.717, 1.165) is 5.56 Å². The maximum absolute atomic E-state index is 12.9. The molecule has 0 bridgehead atoms. The third-order valence-electron chi connectivity index (χ3n) is 4.01. The third kappa shape index (κ3) is 4.01. The third-order valence-corrected chi connectivity index (χ3v) is 5.30. The number of hydrogen-bond donors (Lipinski definition) is 0. The Morgan fingerprint density at radius 1 is 0.852 bits per heavy atom. The highest BCUT2D eigenvalue weighted by atomic mass is 32.2. The number of hydrogen-bond acceptors (Lipinski definition) is 5. The molecule has 0 saturated heterocycles. The Morgan fingerprint density at radius 2 is 1.52 bits per heavy atom. The van der Waals surface area contributed by atoms with E-state index in [2.05, 4.69) is 0 Å². The van der Waals surface area contributed by atoms with Crippen LogP contribution in [-0.4, -0.2) is 21.3 Å². The van der Waals surface area contributed by atoms with Gasteiger partial charge in [0.05, 0.1) is 7.11 Å². The van der Waals surface area contributed by atoms with E-state index in [-0.39, 0.29) is 22.2 Å². The number of rotatable bonds is 6. The molecule has 0 amide bonds. The van der Waals surface area contributed by atoms with E-state index in [1.807, 2.05) is 30.3 Å². The number of carbonyl (C=O) groups excluding carboxylic acids is 1. The second-order valence-electron chi connectivity index (χ2n) is 5.82. The zero-order valence-electron chi connectivity index (χ0n) is 14.9. The van der Waals surface area contributed by atoms with Crippen LogP contribution in [0, 0.1) is 0 Å². The number of ketones is 1. The highest BCUT2D eigenvalue weighted by molar-refractivity contribution is 7.87. The zero-order chi connectivity index (χ0) is 19.4. The molecule has 0 aliphatic carbocycles. The molecule has 0 heterocycles. The van der Waals surface area contributed by atoms with Crippen molar-refractivity contribution in [1.82, 2.24) is 0 Å². The van der Waals surface area contributed by atoms with Crippen LogP contribution in [0.1, 0.15) is 17.3 Å². The van der Waals surface area contributed by atoms with Gasteiger partial charge in [0.15, 0.2) is 17.3 Å². The lowest BCUT2D eigenvalue weighted by Crippen LogP contribution is -2.12. The van der Waals surface area contributed by atoms with Crippen molar-refractivity contribution in [3.05, 3.63) is 78.4 Å². The number of benzene rings is 3. The van der Waals surface area contributed by atoms with Crippen molar-refractivity contribution in [2.24, 2.45) is 0 Å². The highest BCUT2D eigenvalue weighted by Gasteiger charge is 2.23. The van der Waals surface area contributed by atoms with Crippen LogP contribution >= 0.6 is 0 Å². The second-order valence-corrected chi connectivity index (χ2v) is 7.34. The molecule has 5 nitrogen and oxygen atoms in total. The minimum absolute atomic E-state index is 0.0189. The molecule has 0 unspecified atom stereocenters. The Labute approximate surface area is 158 Å². The van der Waals surface area contributed by atoms with Crippen molar-refractivity contribution >= 4 is 15.9 Å². The van der Waals surface area contributed by atoms with E-state index >= 15 is 0 Å². The summed E-state index contributed by atoms with van der Waals surface area (Å²) in [5.74, 6) is 0.0333. The van der Waals surface area contributed by atoms with Crippen molar-refractivity contribution in [3.63, 3.8) is 0 Å². The quantitative estimate of drug-likeness (QED) is 0.469. The van der Waals surface area contributed by atoms with Gasteiger partial charge in [-0.1, -0.05) is 48.5 Å². The molecule has 3 aromatic carbocycles. The Balaban J connectivity index is 2.03. The first-order valence-electron chi connectivity index (χ1n) is 8.20. The summed E-state index contributed by atoms with van der Waals surface area (Å²) < 4.78 is 36.4. The van der Waals surface area contributed by atoms with Gasteiger partial charge in [-0.05, 0) is 36.8 Å². The molecule has 6 heteroatoms. The van der Waals surface area contributed by atoms with Gasteiger partial charge in [-0.3, -0.25) is 4.79 Å². The molecule has 3 aromatic rings. The summed E-state index contributed by atoms with van der Waals surface area (Å²) in [6.45, 7) is 1.42. The number of Topliss-reactive ketones (excluding diaryl/α,β-unsaturated/α-hetero) is 1. The standard InChI is InChI=1S/C21H18O5S/c1-15(22)17-12-13-19(20(14-17)25-2)26-27(23,24)21-11-7-6-10-18(21)16-8-4-3-5-9-16/h3-14H,1-2H3. The number of ether oxygens (including phenoxy) is 1. The van der Waals surface area contributed by atoms with Gasteiger partial charge < -0.3 is 8.92 Å². The van der Waals surface area contributed by atoms with Gasteiger partial charge in [0.25, 0.3) is 0 Å². The summed E-state index contributed by atoms with van der Waals surface area (Å²) in [4.78, 5) is 11.6. The van der Waals surface area contributed by atoms with Gasteiger partial charge in [-0.2, -0.15) is 8.42 Å². The van der Waals surface area contributed by atoms with Crippen LogP contribution in [0.4, 0.5) is 0 Å². The lowest BCUT2D eigenvalue weighted by Gasteiger charge is -2.14. The molecule has 0 aliphatic rings. The maximum Gasteiger partial charge on any atom is 0.339 e. The van der Waals surface area contributed by atoms with Gasteiger partial charge in [-0.25, -0.2) is 0 Å². The van der Waals surface area contributed by atoms with E-state index in [9.17, 15) is 13.2 Å². The fourth-order valence-electron chi connectivity index (χ4n) is 2.66. The van der Waals surface area contributed by atoms with Crippen LogP contribution in [-0.2, 0) is 10.1 Å². The SMILES string of the molecule is COc1cc(C(C)=O)ccc1OS(=O)(=O)c1ccccc1-c1ccccc1. The topological polar surface area (TPSA) is 69.7 Å². The van der Waals surface area contributed by atoms with Crippen LogP contribution in [0.2, 0.25) is 0 Å². The molecule has 0 aliphatic heterocycles. The molecular weight excluding hydrogens is 364 g/mol. The van der Waals surface area contributed by atoms with E-state index in [0.29, 0.717) is 11.1 Å². The molecule has 0 atom stereocenters.